The monoisotopic (exact) mass is 387 g/mol. The summed E-state index contributed by atoms with van der Waals surface area (Å²) in [6.07, 6.45) is -1.90. The first-order chi connectivity index (χ1) is 13.4. The van der Waals surface area contributed by atoms with E-state index in [1.54, 1.807) is 18.3 Å². The number of aromatic nitrogens is 4. The normalized spacial score (nSPS) is 14.1. The Kier molecular flexibility index (Phi) is 4.58. The molecule has 2 aromatic heterocycles. The molecule has 0 spiro atoms. The summed E-state index contributed by atoms with van der Waals surface area (Å²) in [5.41, 5.74) is 0.541. The van der Waals surface area contributed by atoms with Crippen LogP contribution in [0.3, 0.4) is 0 Å². The maximum atomic E-state index is 13.4. The van der Waals surface area contributed by atoms with Gasteiger partial charge in [-0.25, -0.2) is 4.68 Å². The van der Waals surface area contributed by atoms with E-state index in [4.69, 9.17) is 0 Å². The summed E-state index contributed by atoms with van der Waals surface area (Å²) < 4.78 is 41.0. The van der Waals surface area contributed by atoms with Gasteiger partial charge in [-0.2, -0.15) is 13.2 Å². The molecule has 1 amide bonds. The van der Waals surface area contributed by atoms with Crippen molar-refractivity contribution in [3.8, 4) is 11.3 Å². The third-order valence-corrected chi connectivity index (χ3v) is 4.42. The van der Waals surface area contributed by atoms with Crippen molar-refractivity contribution in [2.24, 2.45) is 0 Å². The summed E-state index contributed by atoms with van der Waals surface area (Å²) in [6.45, 7) is 0.0504. The molecule has 28 heavy (non-hydrogen) atoms. The smallest absolute Gasteiger partial charge is 0.346 e. The molecule has 0 atom stereocenters. The molecule has 1 aliphatic rings. The molecular weight excluding hydrogens is 371 g/mol. The molecule has 1 N–H and O–H groups in total. The van der Waals surface area contributed by atoms with Crippen molar-refractivity contribution >= 4 is 5.91 Å². The van der Waals surface area contributed by atoms with Gasteiger partial charge < -0.3 is 5.32 Å². The van der Waals surface area contributed by atoms with Gasteiger partial charge in [-0.05, 0) is 30.5 Å². The van der Waals surface area contributed by atoms with Crippen molar-refractivity contribution in [2.45, 2.75) is 31.6 Å². The molecule has 1 aromatic carbocycles. The third kappa shape index (κ3) is 3.73. The van der Waals surface area contributed by atoms with E-state index in [1.165, 1.54) is 0 Å². The van der Waals surface area contributed by atoms with Gasteiger partial charge in [0.2, 0.25) is 0 Å². The Morgan fingerprint density at radius 3 is 2.61 bits per heavy atom. The fourth-order valence-electron chi connectivity index (χ4n) is 2.90. The van der Waals surface area contributed by atoms with Crippen LogP contribution in [0.1, 0.15) is 40.6 Å². The van der Waals surface area contributed by atoms with Gasteiger partial charge in [-0.1, -0.05) is 35.5 Å². The van der Waals surface area contributed by atoms with Gasteiger partial charge in [0.05, 0.1) is 11.7 Å². The number of nitrogens with zero attached hydrogens (tertiary/aromatic N) is 4. The molecule has 144 valence electrons. The van der Waals surface area contributed by atoms with Crippen LogP contribution >= 0.6 is 0 Å². The number of benzene rings is 1. The highest BCUT2D eigenvalue weighted by molar-refractivity contribution is 5.93. The number of carbonyl (C=O) groups excluding carboxylic acids is 1. The molecule has 6 nitrogen and oxygen atoms in total. The maximum Gasteiger partial charge on any atom is 0.435 e. The topological polar surface area (TPSA) is 72.7 Å². The number of nitrogens with one attached hydrogen (secondary N) is 1. The number of amides is 1. The van der Waals surface area contributed by atoms with Crippen LogP contribution in [0.2, 0.25) is 0 Å². The minimum Gasteiger partial charge on any atom is -0.346 e. The molecule has 1 aliphatic carbocycles. The van der Waals surface area contributed by atoms with Gasteiger partial charge in [-0.15, -0.1) is 5.10 Å². The Balaban J connectivity index is 1.51. The highest BCUT2D eigenvalue weighted by Gasteiger charge is 2.44. The van der Waals surface area contributed by atoms with E-state index in [-0.39, 0.29) is 12.6 Å². The van der Waals surface area contributed by atoms with Crippen molar-refractivity contribution in [1.82, 2.24) is 25.3 Å². The van der Waals surface area contributed by atoms with Crippen LogP contribution in [0.5, 0.6) is 0 Å². The summed E-state index contributed by atoms with van der Waals surface area (Å²) in [4.78, 5) is 16.6. The first-order valence-corrected chi connectivity index (χ1v) is 8.74. The van der Waals surface area contributed by atoms with Crippen LogP contribution in [0.25, 0.3) is 11.3 Å². The second kappa shape index (κ2) is 7.06. The van der Waals surface area contributed by atoms with Crippen LogP contribution in [0.15, 0.2) is 48.7 Å². The summed E-state index contributed by atoms with van der Waals surface area (Å²) in [7, 11) is 0. The van der Waals surface area contributed by atoms with Gasteiger partial charge in [0, 0.05) is 18.3 Å². The molecule has 4 rings (SSSR count). The standard InChI is InChI=1S/C19H16F3N5O/c20-19(21,22)17-16(25-26-27(17)14-6-7-14)18(28)24-11-12-8-9-23-15(10-12)13-4-2-1-3-5-13/h1-5,8-10,14H,6-7,11H2,(H,24,28). The fraction of sp³-hybridized carbons (Fsp3) is 0.263. The Morgan fingerprint density at radius 1 is 1.18 bits per heavy atom. The zero-order valence-electron chi connectivity index (χ0n) is 14.6. The molecule has 9 heteroatoms. The van der Waals surface area contributed by atoms with Gasteiger partial charge in [0.25, 0.3) is 5.91 Å². The molecule has 0 aliphatic heterocycles. The minimum atomic E-state index is -4.70. The van der Waals surface area contributed by atoms with E-state index in [2.05, 4.69) is 20.6 Å². The number of carbonyl (C=O) groups is 1. The van der Waals surface area contributed by atoms with Gasteiger partial charge in [0.15, 0.2) is 11.4 Å². The molecular formula is C19H16F3N5O. The highest BCUT2D eigenvalue weighted by Crippen LogP contribution is 2.40. The lowest BCUT2D eigenvalue weighted by Gasteiger charge is -2.11. The maximum absolute atomic E-state index is 13.4. The summed E-state index contributed by atoms with van der Waals surface area (Å²) >= 11 is 0. The lowest BCUT2D eigenvalue weighted by atomic mass is 10.1. The van der Waals surface area contributed by atoms with Gasteiger partial charge in [-0.3, -0.25) is 9.78 Å². The van der Waals surface area contributed by atoms with Crippen molar-refractivity contribution in [3.05, 3.63) is 65.6 Å². The number of hydrogen-bond donors (Lipinski definition) is 1. The molecule has 0 bridgehead atoms. The minimum absolute atomic E-state index is 0.0504. The van der Waals surface area contributed by atoms with Crippen LogP contribution in [-0.2, 0) is 12.7 Å². The first-order valence-electron chi connectivity index (χ1n) is 8.74. The van der Waals surface area contributed by atoms with E-state index in [0.29, 0.717) is 24.1 Å². The summed E-state index contributed by atoms with van der Waals surface area (Å²) in [5, 5.41) is 9.54. The Morgan fingerprint density at radius 2 is 1.93 bits per heavy atom. The molecule has 0 radical (unpaired) electrons. The van der Waals surface area contributed by atoms with Gasteiger partial charge >= 0.3 is 6.18 Å². The van der Waals surface area contributed by atoms with Crippen molar-refractivity contribution in [2.75, 3.05) is 0 Å². The molecule has 2 heterocycles. The number of rotatable bonds is 5. The van der Waals surface area contributed by atoms with Crippen LogP contribution in [-0.4, -0.2) is 25.9 Å². The molecule has 3 aromatic rings. The second-order valence-corrected chi connectivity index (χ2v) is 6.56. The number of alkyl halides is 3. The third-order valence-electron chi connectivity index (χ3n) is 4.42. The molecule has 1 saturated carbocycles. The van der Waals surface area contributed by atoms with E-state index in [1.807, 2.05) is 30.3 Å². The Labute approximate surface area is 158 Å². The van der Waals surface area contributed by atoms with E-state index >= 15 is 0 Å². The zero-order valence-corrected chi connectivity index (χ0v) is 14.6. The van der Waals surface area contributed by atoms with E-state index < -0.39 is 23.5 Å². The Hall–Kier alpha value is -3.23. The lowest BCUT2D eigenvalue weighted by Crippen LogP contribution is -2.27. The van der Waals surface area contributed by atoms with Gasteiger partial charge in [0.1, 0.15) is 0 Å². The van der Waals surface area contributed by atoms with Crippen molar-refractivity contribution < 1.29 is 18.0 Å². The first kappa shape index (κ1) is 18.1. The van der Waals surface area contributed by atoms with Crippen LogP contribution < -0.4 is 5.32 Å². The highest BCUT2D eigenvalue weighted by atomic mass is 19.4. The van der Waals surface area contributed by atoms with Crippen LogP contribution in [0, 0.1) is 0 Å². The second-order valence-electron chi connectivity index (χ2n) is 6.56. The quantitative estimate of drug-likeness (QED) is 0.726. The van der Waals surface area contributed by atoms with Crippen molar-refractivity contribution in [3.63, 3.8) is 0 Å². The summed E-state index contributed by atoms with van der Waals surface area (Å²) in [5.74, 6) is -0.905. The summed E-state index contributed by atoms with van der Waals surface area (Å²) in [6, 6.07) is 12.6. The number of hydrogen-bond acceptors (Lipinski definition) is 4. The molecule has 0 saturated heterocycles. The predicted octanol–water partition coefficient (Wildman–Crippen LogP) is 3.62. The predicted molar refractivity (Wildman–Crippen MR) is 94.1 cm³/mol. The largest absolute Gasteiger partial charge is 0.435 e. The number of pyridine rings is 1. The molecule has 0 unspecified atom stereocenters. The van der Waals surface area contributed by atoms with E-state index in [0.717, 1.165) is 10.2 Å². The fourth-order valence-corrected chi connectivity index (χ4v) is 2.90. The average Bonchev–Trinajstić information content (AvgIpc) is 3.43. The molecule has 1 fully saturated rings. The average molecular weight is 387 g/mol. The Bertz CT molecular complexity index is 996. The SMILES string of the molecule is O=C(NCc1ccnc(-c2ccccc2)c1)c1nnn(C2CC2)c1C(F)(F)F. The van der Waals surface area contributed by atoms with E-state index in [9.17, 15) is 18.0 Å². The van der Waals surface area contributed by atoms with Crippen molar-refractivity contribution in [1.29, 1.82) is 0 Å². The number of halogens is 3. The zero-order chi connectivity index (χ0) is 19.7. The lowest BCUT2D eigenvalue weighted by molar-refractivity contribution is -0.144. The van der Waals surface area contributed by atoms with Crippen LogP contribution in [0.4, 0.5) is 13.2 Å².